The quantitative estimate of drug-likeness (QED) is 0.897. The van der Waals surface area contributed by atoms with E-state index >= 15 is 0 Å². The largest absolute Gasteiger partial charge is 0.494 e. The summed E-state index contributed by atoms with van der Waals surface area (Å²) in [4.78, 5) is 4.42. The van der Waals surface area contributed by atoms with Crippen molar-refractivity contribution in [3.63, 3.8) is 0 Å². The highest BCUT2D eigenvalue weighted by Crippen LogP contribution is 2.25. The van der Waals surface area contributed by atoms with Gasteiger partial charge < -0.3 is 15.0 Å². The molecule has 0 radical (unpaired) electrons. The number of aromatic nitrogens is 2. The van der Waals surface area contributed by atoms with Crippen LogP contribution < -0.4 is 10.5 Å². The fourth-order valence-electron chi connectivity index (χ4n) is 2.09. The molecular formula is C15H21N3O. The Balaban J connectivity index is 2.37. The number of anilines is 1. The lowest BCUT2D eigenvalue weighted by Gasteiger charge is -2.11. The number of nitrogens with zero attached hydrogens (tertiary/aromatic N) is 2. The second kappa shape index (κ2) is 5.78. The van der Waals surface area contributed by atoms with Crippen molar-refractivity contribution >= 4 is 5.82 Å². The van der Waals surface area contributed by atoms with Crippen molar-refractivity contribution < 1.29 is 4.74 Å². The number of rotatable bonds is 5. The van der Waals surface area contributed by atoms with Crippen LogP contribution in [0.2, 0.25) is 0 Å². The molecule has 0 bridgehead atoms. The molecule has 0 saturated carbocycles. The van der Waals surface area contributed by atoms with E-state index in [0.717, 1.165) is 23.7 Å². The Hall–Kier alpha value is -1.97. The Morgan fingerprint density at radius 1 is 1.37 bits per heavy atom. The van der Waals surface area contributed by atoms with Gasteiger partial charge in [0.1, 0.15) is 17.4 Å². The summed E-state index contributed by atoms with van der Waals surface area (Å²) in [5, 5.41) is 0. The average molecular weight is 259 g/mol. The zero-order chi connectivity index (χ0) is 13.8. The molecule has 0 amide bonds. The smallest absolute Gasteiger partial charge is 0.142 e. The van der Waals surface area contributed by atoms with Gasteiger partial charge in [-0.2, -0.15) is 0 Å². The molecule has 2 N–H and O–H groups in total. The Bertz CT molecular complexity index is 546. The number of nitrogens with two attached hydrogens (primary N) is 1. The molecule has 0 aliphatic heterocycles. The Kier molecular flexibility index (Phi) is 4.10. The van der Waals surface area contributed by atoms with Crippen LogP contribution in [-0.4, -0.2) is 16.2 Å². The highest BCUT2D eigenvalue weighted by Gasteiger charge is 2.10. The zero-order valence-electron chi connectivity index (χ0n) is 11.8. The monoisotopic (exact) mass is 259 g/mol. The normalized spacial score (nSPS) is 10.9. The summed E-state index contributed by atoms with van der Waals surface area (Å²) in [7, 11) is 0. The van der Waals surface area contributed by atoms with Crippen LogP contribution >= 0.6 is 0 Å². The Morgan fingerprint density at radius 2 is 2.16 bits per heavy atom. The molecule has 1 aromatic carbocycles. The first kappa shape index (κ1) is 13.5. The van der Waals surface area contributed by atoms with Crippen LogP contribution in [0.25, 0.3) is 11.4 Å². The van der Waals surface area contributed by atoms with Crippen molar-refractivity contribution in [3.05, 3.63) is 30.5 Å². The molecule has 1 aromatic heterocycles. The number of nitrogen functional groups attached to an aromatic ring is 1. The Labute approximate surface area is 114 Å². The van der Waals surface area contributed by atoms with Crippen LogP contribution in [-0.2, 0) is 6.54 Å². The summed E-state index contributed by atoms with van der Waals surface area (Å²) >= 11 is 0. The first-order valence-electron chi connectivity index (χ1n) is 6.66. The molecule has 102 valence electrons. The van der Waals surface area contributed by atoms with Gasteiger partial charge in [0.05, 0.1) is 6.61 Å². The van der Waals surface area contributed by atoms with Crippen molar-refractivity contribution in [1.82, 2.24) is 9.55 Å². The molecule has 0 unspecified atom stereocenters. The van der Waals surface area contributed by atoms with E-state index in [9.17, 15) is 0 Å². The minimum atomic E-state index is 0.544. The second-order valence-corrected chi connectivity index (χ2v) is 5.00. The minimum Gasteiger partial charge on any atom is -0.494 e. The molecule has 0 spiro atoms. The van der Waals surface area contributed by atoms with Crippen LogP contribution in [0, 0.1) is 5.92 Å². The molecule has 2 aromatic rings. The molecule has 2 rings (SSSR count). The van der Waals surface area contributed by atoms with Crippen LogP contribution in [0.3, 0.4) is 0 Å². The zero-order valence-corrected chi connectivity index (χ0v) is 11.8. The molecule has 0 aliphatic rings. The number of benzene rings is 1. The average Bonchev–Trinajstić information content (AvgIpc) is 2.70. The summed E-state index contributed by atoms with van der Waals surface area (Å²) in [5.74, 6) is 2.85. The van der Waals surface area contributed by atoms with E-state index in [1.54, 1.807) is 0 Å². The molecular weight excluding hydrogens is 238 g/mol. The maximum atomic E-state index is 5.83. The summed E-state index contributed by atoms with van der Waals surface area (Å²) < 4.78 is 7.63. The molecule has 0 fully saturated rings. The van der Waals surface area contributed by atoms with Crippen molar-refractivity contribution in [2.75, 3.05) is 12.3 Å². The molecule has 1 heterocycles. The SMILES string of the molecule is CCOc1cccc(-c2nc(N)cn2CC(C)C)c1. The highest BCUT2D eigenvalue weighted by molar-refractivity contribution is 5.60. The first-order valence-corrected chi connectivity index (χ1v) is 6.66. The lowest BCUT2D eigenvalue weighted by atomic mass is 10.2. The topological polar surface area (TPSA) is 53.1 Å². The van der Waals surface area contributed by atoms with Crippen molar-refractivity contribution in [2.24, 2.45) is 5.92 Å². The lowest BCUT2D eigenvalue weighted by Crippen LogP contribution is -2.05. The van der Waals surface area contributed by atoms with Gasteiger partial charge in [0.25, 0.3) is 0 Å². The predicted molar refractivity (Wildman–Crippen MR) is 78.1 cm³/mol. The van der Waals surface area contributed by atoms with Gasteiger partial charge in [-0.05, 0) is 25.0 Å². The van der Waals surface area contributed by atoms with Gasteiger partial charge in [-0.25, -0.2) is 4.98 Å². The van der Waals surface area contributed by atoms with Crippen LogP contribution in [0.15, 0.2) is 30.5 Å². The summed E-state index contributed by atoms with van der Waals surface area (Å²) in [6, 6.07) is 7.96. The molecule has 0 aliphatic carbocycles. The van der Waals surface area contributed by atoms with E-state index in [2.05, 4.69) is 23.4 Å². The third kappa shape index (κ3) is 3.28. The van der Waals surface area contributed by atoms with Gasteiger partial charge >= 0.3 is 0 Å². The number of ether oxygens (including phenoxy) is 1. The maximum absolute atomic E-state index is 5.83. The second-order valence-electron chi connectivity index (χ2n) is 5.00. The van der Waals surface area contributed by atoms with E-state index in [4.69, 9.17) is 10.5 Å². The lowest BCUT2D eigenvalue weighted by molar-refractivity contribution is 0.340. The molecule has 19 heavy (non-hydrogen) atoms. The molecule has 0 saturated heterocycles. The van der Waals surface area contributed by atoms with E-state index in [1.807, 2.05) is 37.4 Å². The van der Waals surface area contributed by atoms with Crippen molar-refractivity contribution in [2.45, 2.75) is 27.3 Å². The van der Waals surface area contributed by atoms with Gasteiger partial charge in [-0.15, -0.1) is 0 Å². The highest BCUT2D eigenvalue weighted by atomic mass is 16.5. The van der Waals surface area contributed by atoms with E-state index in [0.29, 0.717) is 18.3 Å². The molecule has 4 nitrogen and oxygen atoms in total. The van der Waals surface area contributed by atoms with Crippen LogP contribution in [0.5, 0.6) is 5.75 Å². The standard InChI is InChI=1S/C15H21N3O/c1-4-19-13-7-5-6-12(8-13)15-17-14(16)10-18(15)9-11(2)3/h5-8,10-11H,4,9,16H2,1-3H3. The van der Waals surface area contributed by atoms with Crippen LogP contribution in [0.1, 0.15) is 20.8 Å². The van der Waals surface area contributed by atoms with Gasteiger partial charge in [0.15, 0.2) is 0 Å². The molecule has 4 heteroatoms. The van der Waals surface area contributed by atoms with E-state index in [-0.39, 0.29) is 0 Å². The summed E-state index contributed by atoms with van der Waals surface area (Å²) in [6.07, 6.45) is 1.89. The van der Waals surface area contributed by atoms with Crippen LogP contribution in [0.4, 0.5) is 5.82 Å². The Morgan fingerprint density at radius 3 is 2.84 bits per heavy atom. The van der Waals surface area contributed by atoms with Crippen molar-refractivity contribution in [3.8, 4) is 17.1 Å². The van der Waals surface area contributed by atoms with E-state index in [1.165, 1.54) is 0 Å². The number of hydrogen-bond donors (Lipinski definition) is 1. The predicted octanol–water partition coefficient (Wildman–Crippen LogP) is 3.19. The van der Waals surface area contributed by atoms with E-state index < -0.39 is 0 Å². The fourth-order valence-corrected chi connectivity index (χ4v) is 2.09. The third-order valence-corrected chi connectivity index (χ3v) is 2.76. The summed E-state index contributed by atoms with van der Waals surface area (Å²) in [5.41, 5.74) is 6.86. The first-order chi connectivity index (χ1) is 9.10. The maximum Gasteiger partial charge on any atom is 0.142 e. The van der Waals surface area contributed by atoms with Crippen molar-refractivity contribution in [1.29, 1.82) is 0 Å². The van der Waals surface area contributed by atoms with Gasteiger partial charge in [-0.1, -0.05) is 26.0 Å². The number of hydrogen-bond acceptors (Lipinski definition) is 3. The van der Waals surface area contributed by atoms with Gasteiger partial charge in [-0.3, -0.25) is 0 Å². The minimum absolute atomic E-state index is 0.544. The third-order valence-electron chi connectivity index (χ3n) is 2.76. The summed E-state index contributed by atoms with van der Waals surface area (Å²) in [6.45, 7) is 7.89. The van der Waals surface area contributed by atoms with Gasteiger partial charge in [0, 0.05) is 18.3 Å². The van der Waals surface area contributed by atoms with Gasteiger partial charge in [0.2, 0.25) is 0 Å². The molecule has 0 atom stereocenters. The number of imidazole rings is 1. The fraction of sp³-hybridized carbons (Fsp3) is 0.400.